The molecule has 0 aliphatic heterocycles. The van der Waals surface area contributed by atoms with Gasteiger partial charge in [-0.05, 0) is 19.1 Å². The van der Waals surface area contributed by atoms with Gasteiger partial charge in [-0.3, -0.25) is 4.79 Å². The SMILES string of the molecule is Cc1ccc(S(=O)(=O)C(=O)C(N)=S)cc1. The number of carbonyl (C=O) groups is 1. The minimum atomic E-state index is -4.06. The Balaban J connectivity index is 3.24. The second kappa shape index (κ2) is 4.08. The first kappa shape index (κ1) is 11.8. The van der Waals surface area contributed by atoms with Crippen molar-refractivity contribution in [1.82, 2.24) is 0 Å². The van der Waals surface area contributed by atoms with E-state index in [0.29, 0.717) is 0 Å². The number of aryl methyl sites for hydroxylation is 1. The van der Waals surface area contributed by atoms with Gasteiger partial charge < -0.3 is 5.73 Å². The molecule has 0 saturated carbocycles. The normalized spacial score (nSPS) is 11.0. The Labute approximate surface area is 93.0 Å². The molecule has 0 aliphatic carbocycles. The van der Waals surface area contributed by atoms with Gasteiger partial charge in [0.15, 0.2) is 4.99 Å². The largest absolute Gasteiger partial charge is 0.386 e. The van der Waals surface area contributed by atoms with Crippen LogP contribution in [0.3, 0.4) is 0 Å². The zero-order valence-electron chi connectivity index (χ0n) is 7.93. The van der Waals surface area contributed by atoms with Crippen molar-refractivity contribution in [2.24, 2.45) is 5.73 Å². The summed E-state index contributed by atoms with van der Waals surface area (Å²) in [6.07, 6.45) is 0. The molecule has 6 heteroatoms. The predicted octanol–water partition coefficient (Wildman–Crippen LogP) is 0.581. The Morgan fingerprint density at radius 3 is 2.13 bits per heavy atom. The van der Waals surface area contributed by atoms with Gasteiger partial charge in [-0.25, -0.2) is 8.42 Å². The first-order valence-corrected chi connectivity index (χ1v) is 5.90. The summed E-state index contributed by atoms with van der Waals surface area (Å²) in [5, 5.41) is -1.22. The summed E-state index contributed by atoms with van der Waals surface area (Å²) in [7, 11) is -4.06. The highest BCUT2D eigenvalue weighted by Crippen LogP contribution is 2.12. The van der Waals surface area contributed by atoms with Crippen LogP contribution in [0.2, 0.25) is 0 Å². The van der Waals surface area contributed by atoms with Crippen molar-refractivity contribution >= 4 is 32.2 Å². The van der Waals surface area contributed by atoms with Gasteiger partial charge in [0.25, 0.3) is 0 Å². The maximum Gasteiger partial charge on any atom is 0.308 e. The van der Waals surface area contributed by atoms with Gasteiger partial charge in [-0.2, -0.15) is 0 Å². The fourth-order valence-corrected chi connectivity index (χ4v) is 2.26. The number of benzene rings is 1. The lowest BCUT2D eigenvalue weighted by Crippen LogP contribution is -2.28. The molecule has 0 aliphatic rings. The van der Waals surface area contributed by atoms with Gasteiger partial charge in [0, 0.05) is 0 Å². The highest BCUT2D eigenvalue weighted by atomic mass is 32.2. The van der Waals surface area contributed by atoms with Crippen LogP contribution >= 0.6 is 12.2 Å². The third-order valence-corrected chi connectivity index (χ3v) is 3.69. The highest BCUT2D eigenvalue weighted by molar-refractivity contribution is 8.10. The van der Waals surface area contributed by atoms with Crippen molar-refractivity contribution in [2.75, 3.05) is 0 Å². The van der Waals surface area contributed by atoms with Crippen molar-refractivity contribution in [3.05, 3.63) is 29.8 Å². The molecule has 0 atom stereocenters. The van der Waals surface area contributed by atoms with Crippen LogP contribution in [0, 0.1) is 6.92 Å². The Morgan fingerprint density at radius 2 is 1.73 bits per heavy atom. The molecule has 0 bridgehead atoms. The van der Waals surface area contributed by atoms with Gasteiger partial charge in [-0.15, -0.1) is 0 Å². The molecule has 80 valence electrons. The quantitative estimate of drug-likeness (QED) is 0.730. The Bertz CT molecular complexity index is 503. The maximum atomic E-state index is 11.6. The van der Waals surface area contributed by atoms with E-state index in [4.69, 9.17) is 5.73 Å². The number of carbonyl (C=O) groups excluding carboxylic acids is 1. The van der Waals surface area contributed by atoms with E-state index in [1.807, 2.05) is 6.92 Å². The molecule has 2 N–H and O–H groups in total. The summed E-state index contributed by atoms with van der Waals surface area (Å²) in [6, 6.07) is 5.89. The molecule has 1 aromatic carbocycles. The van der Waals surface area contributed by atoms with Crippen molar-refractivity contribution in [3.8, 4) is 0 Å². The topological polar surface area (TPSA) is 77.2 Å². The van der Waals surface area contributed by atoms with Crippen LogP contribution in [-0.2, 0) is 14.6 Å². The summed E-state index contributed by atoms with van der Waals surface area (Å²) in [5.41, 5.74) is 5.89. The van der Waals surface area contributed by atoms with Gasteiger partial charge >= 0.3 is 5.12 Å². The fourth-order valence-electron chi connectivity index (χ4n) is 0.957. The predicted molar refractivity (Wildman–Crippen MR) is 60.2 cm³/mol. The smallest absolute Gasteiger partial charge is 0.308 e. The minimum Gasteiger partial charge on any atom is -0.386 e. The van der Waals surface area contributed by atoms with Gasteiger partial charge in [-0.1, -0.05) is 29.9 Å². The Kier molecular flexibility index (Phi) is 3.21. The van der Waals surface area contributed by atoms with E-state index >= 15 is 0 Å². The monoisotopic (exact) mass is 243 g/mol. The number of rotatable bonds is 1. The molecule has 0 radical (unpaired) electrons. The lowest BCUT2D eigenvalue weighted by molar-refractivity contribution is -0.106. The third-order valence-electron chi connectivity index (χ3n) is 1.78. The first-order chi connectivity index (χ1) is 6.85. The zero-order valence-corrected chi connectivity index (χ0v) is 9.56. The molecule has 0 fully saturated rings. The van der Waals surface area contributed by atoms with Crippen LogP contribution in [0.1, 0.15) is 5.56 Å². The van der Waals surface area contributed by atoms with Gasteiger partial charge in [0.2, 0.25) is 9.84 Å². The molecule has 0 saturated heterocycles. The Hall–Kier alpha value is -1.27. The van der Waals surface area contributed by atoms with E-state index in [2.05, 4.69) is 12.2 Å². The third kappa shape index (κ3) is 2.40. The standard InChI is InChI=1S/C9H9NO3S2/c1-6-2-4-7(5-3-6)15(12,13)9(11)8(10)14/h2-5H,1H3,(H2,10,14). The number of hydrogen-bond acceptors (Lipinski definition) is 4. The maximum absolute atomic E-state index is 11.6. The second-order valence-electron chi connectivity index (χ2n) is 2.97. The van der Waals surface area contributed by atoms with E-state index in [1.165, 1.54) is 12.1 Å². The van der Waals surface area contributed by atoms with Crippen molar-refractivity contribution in [1.29, 1.82) is 0 Å². The number of thiocarbonyl (C=S) groups is 1. The molecule has 0 aromatic heterocycles. The number of sulfone groups is 1. The van der Waals surface area contributed by atoms with Gasteiger partial charge in [0.1, 0.15) is 0 Å². The lowest BCUT2D eigenvalue weighted by Gasteiger charge is -2.01. The zero-order chi connectivity index (χ0) is 11.6. The minimum absolute atomic E-state index is 0.0918. The van der Waals surface area contributed by atoms with Crippen molar-refractivity contribution in [2.45, 2.75) is 11.8 Å². The summed E-state index contributed by atoms with van der Waals surface area (Å²) < 4.78 is 23.1. The number of nitrogens with two attached hydrogens (primary N) is 1. The summed E-state index contributed by atoms with van der Waals surface area (Å²) in [4.78, 5) is 10.5. The van der Waals surface area contributed by atoms with Crippen LogP contribution in [-0.4, -0.2) is 18.5 Å². The summed E-state index contributed by atoms with van der Waals surface area (Å²) in [6.45, 7) is 1.81. The second-order valence-corrected chi connectivity index (χ2v) is 5.26. The number of hydrogen-bond donors (Lipinski definition) is 1. The van der Waals surface area contributed by atoms with Crippen molar-refractivity contribution in [3.63, 3.8) is 0 Å². The molecule has 1 rings (SSSR count). The molecule has 4 nitrogen and oxygen atoms in total. The molecule has 15 heavy (non-hydrogen) atoms. The van der Waals surface area contributed by atoms with Crippen LogP contribution in [0.25, 0.3) is 0 Å². The van der Waals surface area contributed by atoms with Crippen molar-refractivity contribution < 1.29 is 13.2 Å². The van der Waals surface area contributed by atoms with E-state index < -0.39 is 19.9 Å². The highest BCUT2D eigenvalue weighted by Gasteiger charge is 2.26. The molecule has 0 unspecified atom stereocenters. The average Bonchev–Trinajstić information content (AvgIpc) is 2.17. The van der Waals surface area contributed by atoms with Crippen LogP contribution < -0.4 is 5.73 Å². The molecular formula is C9H9NO3S2. The molecule has 0 heterocycles. The van der Waals surface area contributed by atoms with E-state index in [0.717, 1.165) is 5.56 Å². The average molecular weight is 243 g/mol. The van der Waals surface area contributed by atoms with E-state index in [-0.39, 0.29) is 4.90 Å². The lowest BCUT2D eigenvalue weighted by atomic mass is 10.2. The van der Waals surface area contributed by atoms with Crippen LogP contribution in [0.15, 0.2) is 29.2 Å². The first-order valence-electron chi connectivity index (χ1n) is 4.01. The van der Waals surface area contributed by atoms with E-state index in [1.54, 1.807) is 12.1 Å². The fraction of sp³-hybridized carbons (Fsp3) is 0.111. The van der Waals surface area contributed by atoms with Crippen LogP contribution in [0.4, 0.5) is 0 Å². The van der Waals surface area contributed by atoms with E-state index in [9.17, 15) is 13.2 Å². The van der Waals surface area contributed by atoms with Crippen LogP contribution in [0.5, 0.6) is 0 Å². The van der Waals surface area contributed by atoms with Gasteiger partial charge in [0.05, 0.1) is 4.90 Å². The molecular weight excluding hydrogens is 234 g/mol. The Morgan fingerprint density at radius 1 is 1.27 bits per heavy atom. The summed E-state index contributed by atoms with van der Waals surface area (Å²) >= 11 is 4.34. The molecule has 0 amide bonds. The summed E-state index contributed by atoms with van der Waals surface area (Å²) in [5.74, 6) is 0. The molecule has 0 spiro atoms. The molecule has 1 aromatic rings.